The highest BCUT2D eigenvalue weighted by atomic mass is 79.9. The summed E-state index contributed by atoms with van der Waals surface area (Å²) in [5, 5.41) is 3.91. The lowest BCUT2D eigenvalue weighted by Crippen LogP contribution is -2.29. The van der Waals surface area contributed by atoms with Crippen molar-refractivity contribution in [2.45, 2.75) is 18.9 Å². The molecule has 2 aliphatic heterocycles. The molecule has 1 aromatic heterocycles. The zero-order valence-corrected chi connectivity index (χ0v) is 19.1. The molecule has 3 aromatic rings. The van der Waals surface area contributed by atoms with Gasteiger partial charge in [0.25, 0.3) is 0 Å². The van der Waals surface area contributed by atoms with E-state index in [1.165, 1.54) is 0 Å². The van der Waals surface area contributed by atoms with Crippen molar-refractivity contribution in [2.75, 3.05) is 24.5 Å². The van der Waals surface area contributed by atoms with Gasteiger partial charge in [-0.05, 0) is 54.5 Å². The number of hydrogen-bond donors (Lipinski definition) is 2. The van der Waals surface area contributed by atoms with Gasteiger partial charge in [-0.2, -0.15) is 0 Å². The van der Waals surface area contributed by atoms with Gasteiger partial charge in [-0.3, -0.25) is 9.79 Å². The van der Waals surface area contributed by atoms with Gasteiger partial charge >= 0.3 is 0 Å². The van der Waals surface area contributed by atoms with Crippen LogP contribution >= 0.6 is 28.1 Å². The molecule has 1 unspecified atom stereocenters. The monoisotopic (exact) mass is 496 g/mol. The van der Waals surface area contributed by atoms with Crippen LogP contribution in [0.1, 0.15) is 24.4 Å². The predicted molar refractivity (Wildman–Crippen MR) is 129 cm³/mol. The number of amidine groups is 1. The Hall–Kier alpha value is -2.78. The van der Waals surface area contributed by atoms with Crippen LogP contribution in [0.25, 0.3) is 11.0 Å². The van der Waals surface area contributed by atoms with E-state index < -0.39 is 0 Å². The Morgan fingerprint density at radius 2 is 2.16 bits per heavy atom. The Morgan fingerprint density at radius 1 is 1.26 bits per heavy atom. The van der Waals surface area contributed by atoms with Crippen LogP contribution in [0.2, 0.25) is 0 Å². The van der Waals surface area contributed by atoms with Crippen molar-refractivity contribution in [1.29, 1.82) is 0 Å². The predicted octanol–water partition coefficient (Wildman–Crippen LogP) is 3.78. The number of carbonyl (C=O) groups is 1. The number of benzene rings is 2. The number of anilines is 1. The summed E-state index contributed by atoms with van der Waals surface area (Å²) < 4.78 is 0.994. The number of hydrogen-bond acceptors (Lipinski definition) is 4. The molecule has 158 valence electrons. The normalized spacial score (nSPS) is 20.3. The van der Waals surface area contributed by atoms with Crippen molar-refractivity contribution in [3.05, 3.63) is 58.8 Å². The molecule has 2 aliphatic rings. The first-order valence-corrected chi connectivity index (χ1v) is 11.4. The second-order valence-corrected chi connectivity index (χ2v) is 8.92. The van der Waals surface area contributed by atoms with E-state index >= 15 is 0 Å². The number of aromatic nitrogens is 2. The number of nitrogens with one attached hydrogen (secondary N) is 2. The molecule has 1 atom stereocenters. The number of H-pyrrole nitrogens is 1. The van der Waals surface area contributed by atoms with Crippen molar-refractivity contribution >= 4 is 61.7 Å². The van der Waals surface area contributed by atoms with E-state index in [0.717, 1.165) is 45.6 Å². The molecule has 0 bridgehead atoms. The number of imidazole rings is 1. The van der Waals surface area contributed by atoms with Crippen LogP contribution in [0, 0.1) is 0 Å². The van der Waals surface area contributed by atoms with Crippen LogP contribution in [0.5, 0.6) is 0 Å². The number of fused-ring (bicyclic) bond motifs is 1. The van der Waals surface area contributed by atoms with Crippen LogP contribution in [0.4, 0.5) is 5.69 Å². The number of rotatable bonds is 5. The Balaban J connectivity index is 1.49. The first-order valence-electron chi connectivity index (χ1n) is 10.2. The summed E-state index contributed by atoms with van der Waals surface area (Å²) in [6.45, 7) is 1.98. The highest BCUT2D eigenvalue weighted by Crippen LogP contribution is 2.34. The fourth-order valence-electron chi connectivity index (χ4n) is 4.16. The number of carbonyl (C=O) groups excluding carboxylic acids is 1. The molecular formula is C22H21BrN6OS. The summed E-state index contributed by atoms with van der Waals surface area (Å²) in [6.07, 6.45) is 3.26. The van der Waals surface area contributed by atoms with E-state index in [-0.39, 0.29) is 11.9 Å². The molecule has 0 radical (unpaired) electrons. The van der Waals surface area contributed by atoms with Crippen LogP contribution < -0.4 is 10.2 Å². The molecule has 5 rings (SSSR count). The minimum Gasteiger partial charge on any atom is -0.345 e. The molecule has 31 heavy (non-hydrogen) atoms. The minimum atomic E-state index is -0.181. The third-order valence-corrected chi connectivity index (χ3v) is 6.43. The Kier molecular flexibility index (Phi) is 5.45. The molecule has 7 nitrogen and oxygen atoms in total. The molecule has 2 N–H and O–H groups in total. The standard InChI is InChI=1S/C22H21BrN6OS/c23-15-4-1-3-14(11-15)20-21(24-8-10-28-9-2-5-19(28)30)27-22(31)29(20)16-6-7-17-18(12-16)26-13-25-17/h1,3-4,6-7,11-13,20H,2,5,8-10H2,(H,25,26)(H,24,27,31). The van der Waals surface area contributed by atoms with Gasteiger partial charge in [-0.25, -0.2) is 4.98 Å². The van der Waals surface area contributed by atoms with E-state index in [9.17, 15) is 4.79 Å². The Labute approximate surface area is 193 Å². The smallest absolute Gasteiger partial charge is 0.222 e. The lowest BCUT2D eigenvalue weighted by Gasteiger charge is -2.25. The summed E-state index contributed by atoms with van der Waals surface area (Å²) >= 11 is 9.30. The molecule has 3 heterocycles. The Bertz CT molecular complexity index is 1190. The van der Waals surface area contributed by atoms with Crippen molar-refractivity contribution in [1.82, 2.24) is 20.2 Å². The first-order chi connectivity index (χ1) is 15.1. The molecule has 2 fully saturated rings. The highest BCUT2D eigenvalue weighted by Gasteiger charge is 2.36. The van der Waals surface area contributed by atoms with Crippen molar-refractivity contribution in [2.24, 2.45) is 4.99 Å². The highest BCUT2D eigenvalue weighted by molar-refractivity contribution is 9.10. The molecular weight excluding hydrogens is 476 g/mol. The SMILES string of the molecule is O=C1CCCN1CCN=C1NC(=S)N(c2ccc3nc[nH]c3c2)C1c1cccc(Br)c1. The van der Waals surface area contributed by atoms with E-state index in [4.69, 9.17) is 17.2 Å². The van der Waals surface area contributed by atoms with Gasteiger partial charge in [-0.15, -0.1) is 0 Å². The second kappa shape index (κ2) is 8.39. The molecule has 2 aromatic carbocycles. The van der Waals surface area contributed by atoms with Crippen molar-refractivity contribution in [3.8, 4) is 0 Å². The summed E-state index contributed by atoms with van der Waals surface area (Å²) in [6, 6.07) is 14.0. The van der Waals surface area contributed by atoms with Crippen LogP contribution in [-0.4, -0.2) is 51.4 Å². The first kappa shape index (κ1) is 20.1. The lowest BCUT2D eigenvalue weighted by atomic mass is 10.0. The largest absolute Gasteiger partial charge is 0.345 e. The number of amides is 1. The number of thiocarbonyl (C=S) groups is 1. The maximum atomic E-state index is 11.9. The summed E-state index contributed by atoms with van der Waals surface area (Å²) in [7, 11) is 0. The van der Waals surface area contributed by atoms with Crippen LogP contribution in [0.15, 0.2) is 58.3 Å². The van der Waals surface area contributed by atoms with E-state index in [2.05, 4.69) is 48.2 Å². The molecule has 0 aliphatic carbocycles. The van der Waals surface area contributed by atoms with Crippen molar-refractivity contribution < 1.29 is 4.79 Å². The average molecular weight is 497 g/mol. The van der Waals surface area contributed by atoms with Gasteiger partial charge in [0.2, 0.25) is 5.91 Å². The third kappa shape index (κ3) is 3.95. The molecule has 1 amide bonds. The number of aromatic amines is 1. The second-order valence-electron chi connectivity index (χ2n) is 7.61. The number of likely N-dealkylation sites (tertiary alicyclic amines) is 1. The quantitative estimate of drug-likeness (QED) is 0.525. The van der Waals surface area contributed by atoms with Crippen LogP contribution in [0.3, 0.4) is 0 Å². The van der Waals surface area contributed by atoms with Gasteiger partial charge in [0.15, 0.2) is 5.11 Å². The molecule has 9 heteroatoms. The number of aliphatic imine (C=N–C) groups is 1. The summed E-state index contributed by atoms with van der Waals surface area (Å²) in [5.74, 6) is 1.01. The van der Waals surface area contributed by atoms with Crippen molar-refractivity contribution in [3.63, 3.8) is 0 Å². The van der Waals surface area contributed by atoms with Gasteiger partial charge < -0.3 is 20.1 Å². The maximum absolute atomic E-state index is 11.9. The van der Waals surface area contributed by atoms with Gasteiger partial charge in [0.1, 0.15) is 11.9 Å². The zero-order valence-electron chi connectivity index (χ0n) is 16.7. The van der Waals surface area contributed by atoms with Gasteiger partial charge in [-0.1, -0.05) is 28.1 Å². The fourth-order valence-corrected chi connectivity index (χ4v) is 4.89. The van der Waals surface area contributed by atoms with E-state index in [1.807, 2.05) is 35.2 Å². The minimum absolute atomic E-state index is 0.181. The third-order valence-electron chi connectivity index (χ3n) is 5.64. The summed E-state index contributed by atoms with van der Waals surface area (Å²) in [4.78, 5) is 28.2. The number of halogens is 1. The molecule has 0 spiro atoms. The van der Waals surface area contributed by atoms with Gasteiger partial charge in [0, 0.05) is 29.7 Å². The molecule has 0 saturated carbocycles. The maximum Gasteiger partial charge on any atom is 0.222 e. The van der Waals surface area contributed by atoms with Gasteiger partial charge in [0.05, 0.1) is 23.9 Å². The topological polar surface area (TPSA) is 76.6 Å². The van der Waals surface area contributed by atoms with E-state index in [0.29, 0.717) is 24.6 Å². The zero-order chi connectivity index (χ0) is 21.4. The Morgan fingerprint density at radius 3 is 2.97 bits per heavy atom. The molecule has 2 saturated heterocycles. The van der Waals surface area contributed by atoms with E-state index in [1.54, 1.807) is 6.33 Å². The number of nitrogens with zero attached hydrogens (tertiary/aromatic N) is 4. The fraction of sp³-hybridized carbons (Fsp3) is 0.273. The summed E-state index contributed by atoms with van der Waals surface area (Å²) in [5.41, 5.74) is 3.89. The average Bonchev–Trinajstić information content (AvgIpc) is 3.46. The lowest BCUT2D eigenvalue weighted by molar-refractivity contribution is -0.127. The van der Waals surface area contributed by atoms with Crippen LogP contribution in [-0.2, 0) is 4.79 Å².